The molecule has 0 spiro atoms. The zero-order valence-electron chi connectivity index (χ0n) is 15.6. The Hall–Kier alpha value is -2.67. The van der Waals surface area contributed by atoms with Crippen molar-refractivity contribution in [2.24, 2.45) is 0 Å². The summed E-state index contributed by atoms with van der Waals surface area (Å²) in [4.78, 5) is 36.1. The molecular formula is C20H21ClN4O3. The lowest BCUT2D eigenvalue weighted by molar-refractivity contribution is 0.0726. The number of hydrogen-bond donors (Lipinski definition) is 1. The predicted molar refractivity (Wildman–Crippen MR) is 103 cm³/mol. The van der Waals surface area contributed by atoms with Crippen molar-refractivity contribution in [3.05, 3.63) is 57.6 Å². The highest BCUT2D eigenvalue weighted by atomic mass is 35.5. The fraction of sp³-hybridized carbons (Fsp3) is 0.400. The van der Waals surface area contributed by atoms with E-state index in [1.807, 2.05) is 19.1 Å². The maximum Gasteiger partial charge on any atom is 0.407 e. The van der Waals surface area contributed by atoms with Gasteiger partial charge in [-0.15, -0.1) is 0 Å². The van der Waals surface area contributed by atoms with Gasteiger partial charge in [0.05, 0.1) is 17.9 Å². The van der Waals surface area contributed by atoms with Gasteiger partial charge < -0.3 is 14.9 Å². The molecule has 8 heteroatoms. The normalized spacial score (nSPS) is 18.9. The zero-order valence-corrected chi connectivity index (χ0v) is 16.3. The van der Waals surface area contributed by atoms with Crippen LogP contribution < -0.4 is 0 Å². The molecule has 0 radical (unpaired) electrons. The molecule has 1 N–H and O–H groups in total. The van der Waals surface area contributed by atoms with E-state index in [-0.39, 0.29) is 11.9 Å². The standard InChI is InChI=1S/C20H21ClN4O3/c1-12-9-23-17(10-22-12)19(26)24-6-4-13-7-14(21)8-15(16(13)11-24)18-3-2-5-25(18)20(27)28/h7-10,18H,2-6,11H2,1H3,(H,27,28)/t18-/m0/s1. The number of carboxylic acid groups (broad SMARTS) is 1. The van der Waals surface area contributed by atoms with Crippen molar-refractivity contribution in [1.29, 1.82) is 0 Å². The quantitative estimate of drug-likeness (QED) is 0.834. The van der Waals surface area contributed by atoms with E-state index >= 15 is 0 Å². The van der Waals surface area contributed by atoms with Crippen molar-refractivity contribution in [2.75, 3.05) is 13.1 Å². The maximum absolute atomic E-state index is 12.9. The third kappa shape index (κ3) is 3.42. The van der Waals surface area contributed by atoms with Gasteiger partial charge >= 0.3 is 6.09 Å². The lowest BCUT2D eigenvalue weighted by Crippen LogP contribution is -2.38. The fourth-order valence-corrected chi connectivity index (χ4v) is 4.36. The summed E-state index contributed by atoms with van der Waals surface area (Å²) in [6, 6.07) is 3.55. The number of aromatic nitrogens is 2. The molecule has 2 aromatic rings. The number of carbonyl (C=O) groups excluding carboxylic acids is 1. The smallest absolute Gasteiger partial charge is 0.407 e. The average molecular weight is 401 g/mol. The predicted octanol–water partition coefficient (Wildman–Crippen LogP) is 3.45. The van der Waals surface area contributed by atoms with E-state index < -0.39 is 6.09 Å². The molecule has 146 valence electrons. The van der Waals surface area contributed by atoms with E-state index in [4.69, 9.17) is 11.6 Å². The number of rotatable bonds is 2. The third-order valence-electron chi connectivity index (χ3n) is 5.49. The Balaban J connectivity index is 1.66. The SMILES string of the molecule is Cc1cnc(C(=O)N2CCc3cc(Cl)cc([C@@H]4CCCN4C(=O)O)c3C2)cn1. The number of benzene rings is 1. The molecule has 3 heterocycles. The van der Waals surface area contributed by atoms with Gasteiger partial charge in [-0.1, -0.05) is 11.6 Å². The van der Waals surface area contributed by atoms with Crippen molar-refractivity contribution in [3.8, 4) is 0 Å². The van der Waals surface area contributed by atoms with Gasteiger partial charge in [-0.3, -0.25) is 9.78 Å². The summed E-state index contributed by atoms with van der Waals surface area (Å²) < 4.78 is 0. The van der Waals surface area contributed by atoms with Crippen LogP contribution in [0.3, 0.4) is 0 Å². The van der Waals surface area contributed by atoms with E-state index in [0.717, 1.165) is 35.2 Å². The van der Waals surface area contributed by atoms with Crippen LogP contribution >= 0.6 is 11.6 Å². The number of nitrogens with zero attached hydrogens (tertiary/aromatic N) is 4. The minimum absolute atomic E-state index is 0.166. The summed E-state index contributed by atoms with van der Waals surface area (Å²) in [5.41, 5.74) is 4.07. The highest BCUT2D eigenvalue weighted by Crippen LogP contribution is 2.38. The largest absolute Gasteiger partial charge is 0.465 e. The van der Waals surface area contributed by atoms with E-state index in [9.17, 15) is 14.7 Å². The lowest BCUT2D eigenvalue weighted by atomic mass is 9.90. The first-order valence-corrected chi connectivity index (χ1v) is 9.70. The summed E-state index contributed by atoms with van der Waals surface area (Å²) in [7, 11) is 0. The van der Waals surface area contributed by atoms with Crippen molar-refractivity contribution >= 4 is 23.6 Å². The lowest BCUT2D eigenvalue weighted by Gasteiger charge is -2.33. The molecule has 7 nitrogen and oxygen atoms in total. The van der Waals surface area contributed by atoms with Gasteiger partial charge in [-0.25, -0.2) is 9.78 Å². The van der Waals surface area contributed by atoms with Crippen molar-refractivity contribution in [3.63, 3.8) is 0 Å². The molecule has 1 aromatic heterocycles. The second kappa shape index (κ2) is 7.39. The van der Waals surface area contributed by atoms with Gasteiger partial charge in [0.25, 0.3) is 5.91 Å². The number of carbonyl (C=O) groups is 2. The van der Waals surface area contributed by atoms with Gasteiger partial charge in [-0.2, -0.15) is 0 Å². The van der Waals surface area contributed by atoms with Crippen LogP contribution in [-0.2, 0) is 13.0 Å². The van der Waals surface area contributed by atoms with E-state index in [2.05, 4.69) is 9.97 Å². The molecule has 0 bridgehead atoms. The van der Waals surface area contributed by atoms with Crippen molar-refractivity contribution < 1.29 is 14.7 Å². The Kier molecular flexibility index (Phi) is 4.93. The van der Waals surface area contributed by atoms with Gasteiger partial charge in [0, 0.05) is 30.9 Å². The van der Waals surface area contributed by atoms with Crippen LogP contribution in [0, 0.1) is 6.92 Å². The zero-order chi connectivity index (χ0) is 19.8. The van der Waals surface area contributed by atoms with E-state index in [1.54, 1.807) is 11.1 Å². The minimum atomic E-state index is -0.921. The van der Waals surface area contributed by atoms with Gasteiger partial charge in [0.2, 0.25) is 0 Å². The Morgan fingerprint density at radius 2 is 2.04 bits per heavy atom. The molecule has 2 aliphatic rings. The molecule has 28 heavy (non-hydrogen) atoms. The topological polar surface area (TPSA) is 86.6 Å². The molecule has 4 rings (SSSR count). The molecule has 1 aromatic carbocycles. The van der Waals surface area contributed by atoms with Crippen molar-refractivity contribution in [2.45, 2.75) is 38.8 Å². The number of amides is 2. The summed E-state index contributed by atoms with van der Waals surface area (Å²) in [6.45, 7) is 3.32. The fourth-order valence-electron chi connectivity index (χ4n) is 4.11. The van der Waals surface area contributed by atoms with Crippen LogP contribution in [-0.4, -0.2) is 50.0 Å². The summed E-state index contributed by atoms with van der Waals surface area (Å²) in [6.07, 6.45) is 4.41. The highest BCUT2D eigenvalue weighted by molar-refractivity contribution is 6.30. The molecular weight excluding hydrogens is 380 g/mol. The molecule has 1 atom stereocenters. The van der Waals surface area contributed by atoms with Gasteiger partial charge in [0.1, 0.15) is 5.69 Å². The molecule has 1 fully saturated rings. The summed E-state index contributed by atoms with van der Waals surface area (Å²) in [5.74, 6) is -0.166. The first kappa shape index (κ1) is 18.7. The number of hydrogen-bond acceptors (Lipinski definition) is 4. The number of fused-ring (bicyclic) bond motifs is 1. The summed E-state index contributed by atoms with van der Waals surface area (Å²) in [5, 5.41) is 10.1. The highest BCUT2D eigenvalue weighted by Gasteiger charge is 2.34. The van der Waals surface area contributed by atoms with Crippen LogP contribution in [0.4, 0.5) is 4.79 Å². The monoisotopic (exact) mass is 400 g/mol. The second-order valence-electron chi connectivity index (χ2n) is 7.29. The number of likely N-dealkylation sites (tertiary alicyclic amines) is 1. The van der Waals surface area contributed by atoms with Crippen LogP contribution in [0.5, 0.6) is 0 Å². The van der Waals surface area contributed by atoms with Crippen LogP contribution in [0.25, 0.3) is 0 Å². The first-order chi connectivity index (χ1) is 13.4. The van der Waals surface area contributed by atoms with Gasteiger partial charge in [-0.05, 0) is 55.0 Å². The van der Waals surface area contributed by atoms with Crippen molar-refractivity contribution in [1.82, 2.24) is 19.8 Å². The van der Waals surface area contributed by atoms with E-state index in [1.165, 1.54) is 11.1 Å². The molecule has 1 saturated heterocycles. The Bertz CT molecular complexity index is 932. The third-order valence-corrected chi connectivity index (χ3v) is 5.70. The molecule has 0 aliphatic carbocycles. The Morgan fingerprint density at radius 3 is 2.75 bits per heavy atom. The second-order valence-corrected chi connectivity index (χ2v) is 7.72. The van der Waals surface area contributed by atoms with Gasteiger partial charge in [0.15, 0.2) is 0 Å². The van der Waals surface area contributed by atoms with E-state index in [0.29, 0.717) is 36.8 Å². The first-order valence-electron chi connectivity index (χ1n) is 9.32. The molecule has 0 unspecified atom stereocenters. The molecule has 2 aliphatic heterocycles. The summed E-state index contributed by atoms with van der Waals surface area (Å²) >= 11 is 6.33. The maximum atomic E-state index is 12.9. The van der Waals surface area contributed by atoms with Crippen LogP contribution in [0.1, 0.15) is 51.8 Å². The number of aryl methyl sites for hydroxylation is 1. The Labute approximate surface area is 168 Å². The number of halogens is 1. The minimum Gasteiger partial charge on any atom is -0.465 e. The Morgan fingerprint density at radius 1 is 1.21 bits per heavy atom. The average Bonchev–Trinajstić information content (AvgIpc) is 3.17. The van der Waals surface area contributed by atoms with Crippen LogP contribution in [0.2, 0.25) is 5.02 Å². The van der Waals surface area contributed by atoms with Crippen LogP contribution in [0.15, 0.2) is 24.5 Å². The molecule has 2 amide bonds. The molecule has 0 saturated carbocycles.